The van der Waals surface area contributed by atoms with Gasteiger partial charge in [0.25, 0.3) is 0 Å². The molecule has 1 N–H and O–H groups in total. The van der Waals surface area contributed by atoms with Crippen LogP contribution in [0.4, 0.5) is 0 Å². The number of aryl methyl sites for hydroxylation is 1. The molecule has 3 nitrogen and oxygen atoms in total. The lowest BCUT2D eigenvalue weighted by molar-refractivity contribution is 0.315. The molecule has 0 amide bonds. The molecule has 0 spiro atoms. The molecular formula is C18H22N2OS. The Morgan fingerprint density at radius 1 is 1.32 bits per heavy atom. The number of nitrogens with zero attached hydrogens (tertiary/aromatic N) is 1. The predicted octanol–water partition coefficient (Wildman–Crippen LogP) is 4.33. The molecule has 1 aliphatic carbocycles. The molecule has 116 valence electrons. The molecule has 4 heteroatoms. The summed E-state index contributed by atoms with van der Waals surface area (Å²) in [7, 11) is 0. The van der Waals surface area contributed by atoms with Crippen LogP contribution in [-0.4, -0.2) is 11.6 Å². The van der Waals surface area contributed by atoms with Crippen LogP contribution in [-0.2, 0) is 6.54 Å². The van der Waals surface area contributed by atoms with Crippen molar-refractivity contribution in [3.05, 3.63) is 45.4 Å². The second-order valence-corrected chi connectivity index (χ2v) is 7.31. The Morgan fingerprint density at radius 3 is 3.09 bits per heavy atom. The minimum Gasteiger partial charge on any atom is -0.493 e. The molecule has 1 saturated carbocycles. The van der Waals surface area contributed by atoms with E-state index >= 15 is 0 Å². The summed E-state index contributed by atoms with van der Waals surface area (Å²) in [5.41, 5.74) is 3.74. The molecular weight excluding hydrogens is 292 g/mol. The largest absolute Gasteiger partial charge is 0.493 e. The van der Waals surface area contributed by atoms with Gasteiger partial charge < -0.3 is 10.1 Å². The molecule has 0 bridgehead atoms. The molecule has 0 saturated heterocycles. The van der Waals surface area contributed by atoms with Crippen LogP contribution >= 0.6 is 11.3 Å². The van der Waals surface area contributed by atoms with Gasteiger partial charge in [0.15, 0.2) is 0 Å². The minimum atomic E-state index is 0.365. The van der Waals surface area contributed by atoms with Gasteiger partial charge in [-0.1, -0.05) is 12.1 Å². The van der Waals surface area contributed by atoms with Crippen molar-refractivity contribution in [3.63, 3.8) is 0 Å². The quantitative estimate of drug-likeness (QED) is 0.912. The van der Waals surface area contributed by atoms with Gasteiger partial charge in [-0.3, -0.25) is 0 Å². The molecule has 22 heavy (non-hydrogen) atoms. The second-order valence-electron chi connectivity index (χ2n) is 6.42. The van der Waals surface area contributed by atoms with Crippen LogP contribution in [0.2, 0.25) is 0 Å². The summed E-state index contributed by atoms with van der Waals surface area (Å²) in [6.07, 6.45) is 4.87. The number of hydrogen-bond donors (Lipinski definition) is 1. The van der Waals surface area contributed by atoms with Gasteiger partial charge in [-0.15, -0.1) is 11.3 Å². The van der Waals surface area contributed by atoms with Crippen LogP contribution in [0.25, 0.3) is 0 Å². The lowest BCUT2D eigenvalue weighted by Crippen LogP contribution is -2.20. The van der Waals surface area contributed by atoms with Crippen molar-refractivity contribution >= 4 is 11.3 Å². The average Bonchev–Trinajstić information content (AvgIpc) is 3.29. The summed E-state index contributed by atoms with van der Waals surface area (Å²) in [5, 5.41) is 7.23. The Morgan fingerprint density at radius 2 is 2.23 bits per heavy atom. The number of ether oxygens (including phenoxy) is 1. The summed E-state index contributed by atoms with van der Waals surface area (Å²) in [5.74, 6) is 1.81. The van der Waals surface area contributed by atoms with Crippen LogP contribution in [0.1, 0.15) is 59.5 Å². The molecule has 1 aliphatic heterocycles. The fraction of sp³-hybridized carbons (Fsp3) is 0.500. The van der Waals surface area contributed by atoms with E-state index in [4.69, 9.17) is 9.72 Å². The number of nitrogens with one attached hydrogen (secondary N) is 1. The van der Waals surface area contributed by atoms with Crippen LogP contribution in [0.5, 0.6) is 5.75 Å². The van der Waals surface area contributed by atoms with E-state index in [2.05, 4.69) is 35.8 Å². The van der Waals surface area contributed by atoms with Gasteiger partial charge in [-0.25, -0.2) is 4.98 Å². The van der Waals surface area contributed by atoms with Gasteiger partial charge in [0.2, 0.25) is 0 Å². The SMILES string of the molecule is Cc1ccc2c(c1)OCCCC2NCc1csc(C2CC2)n1. The van der Waals surface area contributed by atoms with Crippen molar-refractivity contribution in [2.75, 3.05) is 6.61 Å². The molecule has 1 atom stereocenters. The van der Waals surface area contributed by atoms with Crippen molar-refractivity contribution in [2.45, 2.75) is 51.1 Å². The Bertz CT molecular complexity index is 663. The number of fused-ring (bicyclic) bond motifs is 1. The van der Waals surface area contributed by atoms with E-state index < -0.39 is 0 Å². The standard InChI is InChI=1S/C18H22N2OS/c1-12-4-7-15-16(3-2-8-21-17(15)9-12)19-10-14-11-22-18(20-14)13-5-6-13/h4,7,9,11,13,16,19H,2-3,5-6,8,10H2,1H3. The van der Waals surface area contributed by atoms with E-state index in [1.54, 1.807) is 0 Å². The third-order valence-electron chi connectivity index (χ3n) is 4.46. The lowest BCUT2D eigenvalue weighted by atomic mass is 10.0. The fourth-order valence-corrected chi connectivity index (χ4v) is 4.03. The molecule has 1 aromatic heterocycles. The fourth-order valence-electron chi connectivity index (χ4n) is 3.04. The van der Waals surface area contributed by atoms with E-state index in [0.717, 1.165) is 37.7 Å². The van der Waals surface area contributed by atoms with Gasteiger partial charge >= 0.3 is 0 Å². The number of benzene rings is 1. The van der Waals surface area contributed by atoms with Gasteiger partial charge in [-0.05, 0) is 44.2 Å². The van der Waals surface area contributed by atoms with Crippen LogP contribution in [0.15, 0.2) is 23.6 Å². The zero-order valence-electron chi connectivity index (χ0n) is 13.0. The summed E-state index contributed by atoms with van der Waals surface area (Å²) in [6, 6.07) is 6.91. The minimum absolute atomic E-state index is 0.365. The summed E-state index contributed by atoms with van der Waals surface area (Å²) >= 11 is 1.82. The Labute approximate surface area is 135 Å². The Hall–Kier alpha value is -1.39. The molecule has 2 heterocycles. The molecule has 4 rings (SSSR count). The van der Waals surface area contributed by atoms with Crippen LogP contribution in [0.3, 0.4) is 0 Å². The maximum absolute atomic E-state index is 5.90. The lowest BCUT2D eigenvalue weighted by Gasteiger charge is -2.18. The van der Waals surface area contributed by atoms with Crippen LogP contribution < -0.4 is 10.1 Å². The normalized spacial score (nSPS) is 21.0. The molecule has 0 radical (unpaired) electrons. The van der Waals surface area contributed by atoms with E-state index in [9.17, 15) is 0 Å². The van der Waals surface area contributed by atoms with Crippen LogP contribution in [0, 0.1) is 6.92 Å². The molecule has 1 unspecified atom stereocenters. The predicted molar refractivity (Wildman–Crippen MR) is 89.6 cm³/mol. The first kappa shape index (κ1) is 14.2. The van der Waals surface area contributed by atoms with Crippen molar-refractivity contribution in [2.24, 2.45) is 0 Å². The first-order valence-corrected chi connectivity index (χ1v) is 9.08. The summed E-state index contributed by atoms with van der Waals surface area (Å²) in [6.45, 7) is 3.78. The van der Waals surface area contributed by atoms with E-state index in [1.165, 1.54) is 34.7 Å². The van der Waals surface area contributed by atoms with E-state index in [0.29, 0.717) is 6.04 Å². The molecule has 1 aromatic carbocycles. The number of aromatic nitrogens is 1. The molecule has 2 aromatic rings. The van der Waals surface area contributed by atoms with Crippen molar-refractivity contribution in [1.29, 1.82) is 0 Å². The monoisotopic (exact) mass is 314 g/mol. The highest BCUT2D eigenvalue weighted by Gasteiger charge is 2.26. The average molecular weight is 314 g/mol. The number of hydrogen-bond acceptors (Lipinski definition) is 4. The first-order chi connectivity index (χ1) is 10.8. The third-order valence-corrected chi connectivity index (χ3v) is 5.52. The zero-order chi connectivity index (χ0) is 14.9. The maximum Gasteiger partial charge on any atom is 0.124 e. The van der Waals surface area contributed by atoms with Gasteiger partial charge in [0, 0.05) is 29.4 Å². The topological polar surface area (TPSA) is 34.1 Å². The first-order valence-electron chi connectivity index (χ1n) is 8.20. The van der Waals surface area contributed by atoms with Crippen molar-refractivity contribution in [3.8, 4) is 5.75 Å². The highest BCUT2D eigenvalue weighted by Crippen LogP contribution is 2.41. The Kier molecular flexibility index (Phi) is 3.89. The summed E-state index contributed by atoms with van der Waals surface area (Å²) in [4.78, 5) is 4.77. The van der Waals surface area contributed by atoms with Crippen molar-refractivity contribution < 1.29 is 4.74 Å². The van der Waals surface area contributed by atoms with E-state index in [1.807, 2.05) is 11.3 Å². The van der Waals surface area contributed by atoms with E-state index in [-0.39, 0.29) is 0 Å². The summed E-state index contributed by atoms with van der Waals surface area (Å²) < 4.78 is 5.90. The Balaban J connectivity index is 1.47. The molecule has 2 aliphatic rings. The highest BCUT2D eigenvalue weighted by atomic mass is 32.1. The maximum atomic E-state index is 5.90. The van der Waals surface area contributed by atoms with Gasteiger partial charge in [0.05, 0.1) is 17.3 Å². The van der Waals surface area contributed by atoms with Gasteiger partial charge in [0.1, 0.15) is 5.75 Å². The second kappa shape index (κ2) is 6.01. The number of thiazole rings is 1. The zero-order valence-corrected chi connectivity index (χ0v) is 13.8. The smallest absolute Gasteiger partial charge is 0.124 e. The highest BCUT2D eigenvalue weighted by molar-refractivity contribution is 7.09. The third kappa shape index (κ3) is 3.03. The number of rotatable bonds is 4. The molecule has 1 fully saturated rings. The van der Waals surface area contributed by atoms with Gasteiger partial charge in [-0.2, -0.15) is 0 Å². The van der Waals surface area contributed by atoms with Crippen molar-refractivity contribution in [1.82, 2.24) is 10.3 Å².